The van der Waals surface area contributed by atoms with Crippen molar-refractivity contribution in [2.45, 2.75) is 19.4 Å². The normalized spacial score (nSPS) is 12.0. The summed E-state index contributed by atoms with van der Waals surface area (Å²) in [5.74, 6) is -0.0537. The van der Waals surface area contributed by atoms with Crippen LogP contribution in [0.5, 0.6) is 0 Å². The van der Waals surface area contributed by atoms with Crippen LogP contribution in [0, 0.1) is 0 Å². The number of amides is 1. The molecule has 3 rings (SSSR count). The SMILES string of the molecule is CC(Cc1ccccc1)NC(=O)c1ccnc2ccccc12. The molecule has 1 heterocycles. The molecule has 0 aliphatic rings. The van der Waals surface area contributed by atoms with Gasteiger partial charge in [0.05, 0.1) is 11.1 Å². The predicted molar refractivity (Wildman–Crippen MR) is 88.8 cm³/mol. The minimum atomic E-state index is -0.0537. The Hall–Kier alpha value is -2.68. The molecule has 22 heavy (non-hydrogen) atoms. The van der Waals surface area contributed by atoms with E-state index < -0.39 is 0 Å². The van der Waals surface area contributed by atoms with E-state index in [2.05, 4.69) is 22.4 Å². The topological polar surface area (TPSA) is 42.0 Å². The second-order valence-corrected chi connectivity index (χ2v) is 5.44. The lowest BCUT2D eigenvalue weighted by Gasteiger charge is -2.15. The van der Waals surface area contributed by atoms with Crippen molar-refractivity contribution in [1.29, 1.82) is 0 Å². The highest BCUT2D eigenvalue weighted by Gasteiger charge is 2.13. The maximum absolute atomic E-state index is 12.5. The molecule has 0 saturated carbocycles. The van der Waals surface area contributed by atoms with Crippen molar-refractivity contribution in [1.82, 2.24) is 10.3 Å². The third kappa shape index (κ3) is 3.14. The Morgan fingerprint density at radius 2 is 1.77 bits per heavy atom. The maximum Gasteiger partial charge on any atom is 0.252 e. The first-order valence-electron chi connectivity index (χ1n) is 7.42. The summed E-state index contributed by atoms with van der Waals surface area (Å²) in [4.78, 5) is 16.8. The van der Waals surface area contributed by atoms with Crippen LogP contribution in [0.1, 0.15) is 22.8 Å². The molecule has 0 fully saturated rings. The van der Waals surface area contributed by atoms with Crippen LogP contribution in [-0.4, -0.2) is 16.9 Å². The molecule has 1 amide bonds. The van der Waals surface area contributed by atoms with Crippen molar-refractivity contribution in [3.8, 4) is 0 Å². The molecule has 2 aromatic carbocycles. The highest BCUT2D eigenvalue weighted by molar-refractivity contribution is 6.06. The Labute approximate surface area is 130 Å². The highest BCUT2D eigenvalue weighted by Crippen LogP contribution is 2.16. The number of pyridine rings is 1. The number of carbonyl (C=O) groups is 1. The lowest BCUT2D eigenvalue weighted by molar-refractivity contribution is 0.0941. The second kappa shape index (κ2) is 6.39. The highest BCUT2D eigenvalue weighted by atomic mass is 16.1. The Bertz CT molecular complexity index is 778. The molecule has 3 aromatic rings. The summed E-state index contributed by atoms with van der Waals surface area (Å²) >= 11 is 0. The first-order valence-corrected chi connectivity index (χ1v) is 7.42. The number of aromatic nitrogens is 1. The predicted octanol–water partition coefficient (Wildman–Crippen LogP) is 3.60. The average Bonchev–Trinajstić information content (AvgIpc) is 2.55. The number of nitrogens with one attached hydrogen (secondary N) is 1. The van der Waals surface area contributed by atoms with E-state index >= 15 is 0 Å². The van der Waals surface area contributed by atoms with Crippen molar-refractivity contribution in [3.63, 3.8) is 0 Å². The number of nitrogens with zero attached hydrogens (tertiary/aromatic N) is 1. The van der Waals surface area contributed by atoms with Crippen molar-refractivity contribution in [2.24, 2.45) is 0 Å². The summed E-state index contributed by atoms with van der Waals surface area (Å²) < 4.78 is 0. The minimum Gasteiger partial charge on any atom is -0.349 e. The van der Waals surface area contributed by atoms with Crippen molar-refractivity contribution < 1.29 is 4.79 Å². The van der Waals surface area contributed by atoms with Gasteiger partial charge in [0.15, 0.2) is 0 Å². The van der Waals surface area contributed by atoms with E-state index in [9.17, 15) is 4.79 Å². The number of para-hydroxylation sites is 1. The van der Waals surface area contributed by atoms with E-state index in [1.165, 1.54) is 5.56 Å². The summed E-state index contributed by atoms with van der Waals surface area (Å²) in [6.07, 6.45) is 2.49. The van der Waals surface area contributed by atoms with E-state index in [1.807, 2.05) is 49.4 Å². The molecule has 110 valence electrons. The lowest BCUT2D eigenvalue weighted by Crippen LogP contribution is -2.34. The van der Waals surface area contributed by atoms with Gasteiger partial charge in [0.25, 0.3) is 5.91 Å². The van der Waals surface area contributed by atoms with Gasteiger partial charge in [-0.15, -0.1) is 0 Å². The third-order valence-electron chi connectivity index (χ3n) is 3.66. The van der Waals surface area contributed by atoms with Crippen LogP contribution >= 0.6 is 0 Å². The molecule has 1 atom stereocenters. The van der Waals surface area contributed by atoms with Crippen molar-refractivity contribution in [3.05, 3.63) is 78.0 Å². The van der Waals surface area contributed by atoms with Gasteiger partial charge in [0, 0.05) is 17.6 Å². The lowest BCUT2D eigenvalue weighted by atomic mass is 10.1. The van der Waals surface area contributed by atoms with E-state index in [0.717, 1.165) is 17.3 Å². The van der Waals surface area contributed by atoms with Gasteiger partial charge in [-0.1, -0.05) is 48.5 Å². The van der Waals surface area contributed by atoms with Gasteiger partial charge >= 0.3 is 0 Å². The zero-order valence-corrected chi connectivity index (χ0v) is 12.5. The summed E-state index contributed by atoms with van der Waals surface area (Å²) in [5, 5.41) is 3.95. The van der Waals surface area contributed by atoms with Gasteiger partial charge in [-0.25, -0.2) is 0 Å². The maximum atomic E-state index is 12.5. The molecule has 1 aromatic heterocycles. The molecular formula is C19H18N2O. The molecule has 1 N–H and O–H groups in total. The molecule has 3 heteroatoms. The number of hydrogen-bond acceptors (Lipinski definition) is 2. The molecule has 1 unspecified atom stereocenters. The van der Waals surface area contributed by atoms with Crippen LogP contribution in [0.4, 0.5) is 0 Å². The van der Waals surface area contributed by atoms with Gasteiger partial charge in [0.2, 0.25) is 0 Å². The fourth-order valence-electron chi connectivity index (χ4n) is 2.61. The van der Waals surface area contributed by atoms with Crippen LogP contribution in [-0.2, 0) is 6.42 Å². The molecule has 3 nitrogen and oxygen atoms in total. The number of carbonyl (C=O) groups excluding carboxylic acids is 1. The first kappa shape index (κ1) is 14.3. The van der Waals surface area contributed by atoms with Crippen LogP contribution in [0.2, 0.25) is 0 Å². The van der Waals surface area contributed by atoms with E-state index in [1.54, 1.807) is 12.3 Å². The van der Waals surface area contributed by atoms with Crippen LogP contribution in [0.3, 0.4) is 0 Å². The molecule has 0 aliphatic heterocycles. The summed E-state index contributed by atoms with van der Waals surface area (Å²) in [6.45, 7) is 2.02. The summed E-state index contributed by atoms with van der Waals surface area (Å²) in [6, 6.07) is 19.7. The van der Waals surface area contributed by atoms with E-state index in [4.69, 9.17) is 0 Å². The Balaban J connectivity index is 1.76. The number of hydrogen-bond donors (Lipinski definition) is 1. The molecule has 0 radical (unpaired) electrons. The standard InChI is InChI=1S/C19H18N2O/c1-14(13-15-7-3-2-4-8-15)21-19(22)17-11-12-20-18-10-6-5-9-16(17)18/h2-12,14H,13H2,1H3,(H,21,22). The fourth-order valence-corrected chi connectivity index (χ4v) is 2.61. The van der Waals surface area contributed by atoms with E-state index in [0.29, 0.717) is 5.56 Å². The van der Waals surface area contributed by atoms with Crippen LogP contribution in [0.25, 0.3) is 10.9 Å². The molecule has 0 aliphatic carbocycles. The van der Waals surface area contributed by atoms with Crippen molar-refractivity contribution in [2.75, 3.05) is 0 Å². The monoisotopic (exact) mass is 290 g/mol. The number of fused-ring (bicyclic) bond motifs is 1. The van der Waals surface area contributed by atoms with Crippen LogP contribution in [0.15, 0.2) is 66.9 Å². The van der Waals surface area contributed by atoms with Gasteiger partial charge < -0.3 is 5.32 Å². The second-order valence-electron chi connectivity index (χ2n) is 5.44. The van der Waals surface area contributed by atoms with E-state index in [-0.39, 0.29) is 11.9 Å². The zero-order valence-electron chi connectivity index (χ0n) is 12.5. The minimum absolute atomic E-state index is 0.0537. The smallest absolute Gasteiger partial charge is 0.252 e. The number of benzene rings is 2. The van der Waals surface area contributed by atoms with Crippen molar-refractivity contribution >= 4 is 16.8 Å². The molecule has 0 bridgehead atoms. The third-order valence-corrected chi connectivity index (χ3v) is 3.66. The Kier molecular flexibility index (Phi) is 4.15. The molecular weight excluding hydrogens is 272 g/mol. The summed E-state index contributed by atoms with van der Waals surface area (Å²) in [7, 11) is 0. The van der Waals surface area contributed by atoms with Gasteiger partial charge in [0.1, 0.15) is 0 Å². The van der Waals surface area contributed by atoms with Gasteiger partial charge in [-0.2, -0.15) is 0 Å². The van der Waals surface area contributed by atoms with Crippen LogP contribution < -0.4 is 5.32 Å². The quantitative estimate of drug-likeness (QED) is 0.797. The molecule has 0 saturated heterocycles. The van der Waals surface area contributed by atoms with Gasteiger partial charge in [-0.3, -0.25) is 9.78 Å². The van der Waals surface area contributed by atoms with Gasteiger partial charge in [-0.05, 0) is 31.0 Å². The molecule has 0 spiro atoms. The number of rotatable bonds is 4. The largest absolute Gasteiger partial charge is 0.349 e. The Morgan fingerprint density at radius 1 is 1.05 bits per heavy atom. The fraction of sp³-hybridized carbons (Fsp3) is 0.158. The first-order chi connectivity index (χ1) is 10.7. The summed E-state index contributed by atoms with van der Waals surface area (Å²) in [5.41, 5.74) is 2.73. The average molecular weight is 290 g/mol. The Morgan fingerprint density at radius 3 is 2.59 bits per heavy atom. The zero-order chi connectivity index (χ0) is 15.4.